The van der Waals surface area contributed by atoms with Crippen molar-refractivity contribution in [3.63, 3.8) is 0 Å². The molecule has 106 valence electrons. The Bertz CT molecular complexity index is 389. The number of hydrogen-bond donors (Lipinski definition) is 2. The molecule has 2 amide bonds. The molecule has 1 saturated carbocycles. The highest BCUT2D eigenvalue weighted by Gasteiger charge is 2.53. The van der Waals surface area contributed by atoms with Crippen LogP contribution in [0.5, 0.6) is 0 Å². The van der Waals surface area contributed by atoms with Crippen LogP contribution in [-0.4, -0.2) is 46.4 Å². The van der Waals surface area contributed by atoms with Crippen LogP contribution in [0.15, 0.2) is 0 Å². The van der Waals surface area contributed by atoms with Gasteiger partial charge in [0.25, 0.3) is 0 Å². The maximum atomic E-state index is 11.7. The Labute approximate surface area is 112 Å². The highest BCUT2D eigenvalue weighted by Crippen LogP contribution is 2.41. The predicted molar refractivity (Wildman–Crippen MR) is 67.3 cm³/mol. The first kappa shape index (κ1) is 14.0. The topological polar surface area (TPSA) is 86.7 Å². The first-order valence-electron chi connectivity index (χ1n) is 6.83. The number of carbonyl (C=O) groups is 3. The number of hydrogen-bond acceptors (Lipinski definition) is 4. The van der Waals surface area contributed by atoms with Gasteiger partial charge in [-0.15, -0.1) is 0 Å². The van der Waals surface area contributed by atoms with Crippen LogP contribution in [0.3, 0.4) is 0 Å². The van der Waals surface area contributed by atoms with Gasteiger partial charge in [0.15, 0.2) is 0 Å². The van der Waals surface area contributed by atoms with Crippen molar-refractivity contribution in [2.24, 2.45) is 5.92 Å². The number of rotatable bonds is 7. The van der Waals surface area contributed by atoms with Gasteiger partial charge in [-0.25, -0.2) is 0 Å². The minimum absolute atomic E-state index is 0.0118. The van der Waals surface area contributed by atoms with Gasteiger partial charge in [0.05, 0.1) is 6.54 Å². The fraction of sp³-hybridized carbons (Fsp3) is 0.769. The summed E-state index contributed by atoms with van der Waals surface area (Å²) in [5.74, 6) is -1.46. The summed E-state index contributed by atoms with van der Waals surface area (Å²) in [6, 6.07) is 0. The van der Waals surface area contributed by atoms with Gasteiger partial charge in [0.2, 0.25) is 11.8 Å². The van der Waals surface area contributed by atoms with Gasteiger partial charge in [0.1, 0.15) is 5.54 Å². The second-order valence-corrected chi connectivity index (χ2v) is 5.35. The SMILES string of the molecule is CCCNC(CN1C(=O)CCC1=O)(C(=O)O)C1CC1. The number of carbonyl (C=O) groups excluding carboxylic acids is 2. The third kappa shape index (κ3) is 2.63. The molecule has 19 heavy (non-hydrogen) atoms. The lowest BCUT2D eigenvalue weighted by atomic mass is 9.92. The summed E-state index contributed by atoms with van der Waals surface area (Å²) in [5.41, 5.74) is -1.16. The molecule has 1 atom stereocenters. The molecule has 2 rings (SSSR count). The summed E-state index contributed by atoms with van der Waals surface area (Å²) < 4.78 is 0. The molecule has 0 bridgehead atoms. The minimum atomic E-state index is -1.16. The monoisotopic (exact) mass is 268 g/mol. The van der Waals surface area contributed by atoms with Crippen LogP contribution in [0, 0.1) is 5.92 Å². The van der Waals surface area contributed by atoms with Crippen LogP contribution < -0.4 is 5.32 Å². The van der Waals surface area contributed by atoms with Gasteiger partial charge >= 0.3 is 5.97 Å². The minimum Gasteiger partial charge on any atom is -0.480 e. The van der Waals surface area contributed by atoms with E-state index in [1.54, 1.807) is 0 Å². The van der Waals surface area contributed by atoms with Crippen molar-refractivity contribution in [1.82, 2.24) is 10.2 Å². The maximum absolute atomic E-state index is 11.7. The molecule has 0 aromatic carbocycles. The number of carboxylic acids is 1. The summed E-state index contributed by atoms with van der Waals surface area (Å²) in [6.07, 6.45) is 2.88. The largest absolute Gasteiger partial charge is 0.480 e. The van der Waals surface area contributed by atoms with Crippen molar-refractivity contribution >= 4 is 17.8 Å². The lowest BCUT2D eigenvalue weighted by molar-refractivity contribution is -0.149. The smallest absolute Gasteiger partial charge is 0.326 e. The Hall–Kier alpha value is -1.43. The van der Waals surface area contributed by atoms with E-state index in [4.69, 9.17) is 0 Å². The van der Waals surface area contributed by atoms with Gasteiger partial charge < -0.3 is 10.4 Å². The van der Waals surface area contributed by atoms with Gasteiger partial charge in [-0.1, -0.05) is 6.92 Å². The van der Waals surface area contributed by atoms with Crippen LogP contribution >= 0.6 is 0 Å². The van der Waals surface area contributed by atoms with Crippen LogP contribution in [0.1, 0.15) is 39.0 Å². The third-order valence-electron chi connectivity index (χ3n) is 3.91. The molecule has 2 N–H and O–H groups in total. The lowest BCUT2D eigenvalue weighted by Gasteiger charge is -2.34. The molecule has 0 radical (unpaired) electrons. The van der Waals surface area contributed by atoms with E-state index in [1.165, 1.54) is 0 Å². The number of imide groups is 1. The zero-order valence-electron chi connectivity index (χ0n) is 11.1. The highest BCUT2D eigenvalue weighted by atomic mass is 16.4. The summed E-state index contributed by atoms with van der Waals surface area (Å²) in [7, 11) is 0. The Morgan fingerprint density at radius 1 is 1.37 bits per heavy atom. The fourth-order valence-corrected chi connectivity index (χ4v) is 2.62. The highest BCUT2D eigenvalue weighted by molar-refractivity contribution is 6.02. The zero-order valence-corrected chi connectivity index (χ0v) is 11.1. The van der Waals surface area contributed by atoms with E-state index in [0.717, 1.165) is 24.2 Å². The first-order chi connectivity index (χ1) is 9.01. The van der Waals surface area contributed by atoms with E-state index in [0.29, 0.717) is 6.54 Å². The molecular formula is C13H20N2O4. The molecule has 1 aliphatic heterocycles. The van der Waals surface area contributed by atoms with E-state index < -0.39 is 11.5 Å². The van der Waals surface area contributed by atoms with Crippen LogP contribution in [-0.2, 0) is 14.4 Å². The standard InChI is InChI=1S/C13H20N2O4/c1-2-7-14-13(12(18)19,9-3-4-9)8-15-10(16)5-6-11(15)17/h9,14H,2-8H2,1H3,(H,18,19). The van der Waals surface area contributed by atoms with Crippen molar-refractivity contribution in [2.75, 3.05) is 13.1 Å². The normalized spacial score (nSPS) is 22.7. The average Bonchev–Trinajstić information content (AvgIpc) is 3.16. The van der Waals surface area contributed by atoms with Crippen molar-refractivity contribution in [3.05, 3.63) is 0 Å². The summed E-state index contributed by atoms with van der Waals surface area (Å²) in [6.45, 7) is 2.49. The second-order valence-electron chi connectivity index (χ2n) is 5.35. The molecule has 0 aromatic heterocycles. The summed E-state index contributed by atoms with van der Waals surface area (Å²) in [5, 5.41) is 12.6. The number of nitrogens with zero attached hydrogens (tertiary/aromatic N) is 1. The van der Waals surface area contributed by atoms with E-state index in [2.05, 4.69) is 5.32 Å². The molecule has 0 spiro atoms. The quantitative estimate of drug-likeness (QED) is 0.651. The Morgan fingerprint density at radius 3 is 2.37 bits per heavy atom. The van der Waals surface area contributed by atoms with Gasteiger partial charge in [0, 0.05) is 12.8 Å². The Balaban J connectivity index is 2.19. The predicted octanol–water partition coefficient (Wildman–Crippen LogP) is 0.368. The molecule has 6 heteroatoms. The van der Waals surface area contributed by atoms with Gasteiger partial charge in [-0.3, -0.25) is 19.3 Å². The molecule has 0 aromatic rings. The Morgan fingerprint density at radius 2 is 1.95 bits per heavy atom. The zero-order chi connectivity index (χ0) is 14.0. The van der Waals surface area contributed by atoms with Crippen molar-refractivity contribution < 1.29 is 19.5 Å². The maximum Gasteiger partial charge on any atom is 0.326 e. The number of aliphatic carboxylic acids is 1. The van der Waals surface area contributed by atoms with Crippen molar-refractivity contribution in [2.45, 2.75) is 44.6 Å². The molecule has 1 aliphatic carbocycles. The fourth-order valence-electron chi connectivity index (χ4n) is 2.62. The van der Waals surface area contributed by atoms with Gasteiger partial charge in [-0.2, -0.15) is 0 Å². The number of carboxylic acid groups (broad SMARTS) is 1. The van der Waals surface area contributed by atoms with Crippen molar-refractivity contribution in [3.8, 4) is 0 Å². The molecule has 2 fully saturated rings. The third-order valence-corrected chi connectivity index (χ3v) is 3.91. The molecule has 2 aliphatic rings. The summed E-state index contributed by atoms with van der Waals surface area (Å²) >= 11 is 0. The molecule has 6 nitrogen and oxygen atoms in total. The van der Waals surface area contributed by atoms with Crippen LogP contribution in [0.25, 0.3) is 0 Å². The van der Waals surface area contributed by atoms with E-state index in [1.807, 2.05) is 6.92 Å². The van der Waals surface area contributed by atoms with Gasteiger partial charge in [-0.05, 0) is 31.7 Å². The number of likely N-dealkylation sites (tertiary alicyclic amines) is 1. The molecule has 1 saturated heterocycles. The second kappa shape index (κ2) is 5.28. The van der Waals surface area contributed by atoms with E-state index in [-0.39, 0.29) is 37.1 Å². The molecular weight excluding hydrogens is 248 g/mol. The number of nitrogens with one attached hydrogen (secondary N) is 1. The molecule has 1 unspecified atom stereocenters. The van der Waals surface area contributed by atoms with E-state index in [9.17, 15) is 19.5 Å². The average molecular weight is 268 g/mol. The van der Waals surface area contributed by atoms with Crippen LogP contribution in [0.4, 0.5) is 0 Å². The first-order valence-corrected chi connectivity index (χ1v) is 6.83. The van der Waals surface area contributed by atoms with E-state index >= 15 is 0 Å². The number of amides is 2. The Kier molecular flexibility index (Phi) is 3.89. The lowest BCUT2D eigenvalue weighted by Crippen LogP contribution is -2.61. The van der Waals surface area contributed by atoms with Crippen LogP contribution in [0.2, 0.25) is 0 Å². The molecule has 1 heterocycles. The summed E-state index contributed by atoms with van der Waals surface area (Å²) in [4.78, 5) is 36.2. The van der Waals surface area contributed by atoms with Crippen molar-refractivity contribution in [1.29, 1.82) is 0 Å².